The highest BCUT2D eigenvalue weighted by Crippen LogP contribution is 2.12. The first-order chi connectivity index (χ1) is 11.3. The van der Waals surface area contributed by atoms with Gasteiger partial charge in [0.15, 0.2) is 0 Å². The van der Waals surface area contributed by atoms with Gasteiger partial charge in [0, 0.05) is 6.08 Å². The topological polar surface area (TPSA) is 26.3 Å². The number of carbonyl (C=O) groups excluding carboxylic acids is 1. The SMILES string of the molecule is C=CC(=O)OCCC/C=C/CCCCCCCCCCCCC. The second-order valence-electron chi connectivity index (χ2n) is 6.31. The number of hydrogen-bond donors (Lipinski definition) is 0. The Labute approximate surface area is 144 Å². The zero-order valence-corrected chi connectivity index (χ0v) is 15.4. The Morgan fingerprint density at radius 3 is 1.78 bits per heavy atom. The molecule has 0 heterocycles. The molecule has 2 nitrogen and oxygen atoms in total. The largest absolute Gasteiger partial charge is 0.463 e. The lowest BCUT2D eigenvalue weighted by molar-refractivity contribution is -0.137. The van der Waals surface area contributed by atoms with Crippen LogP contribution in [0.3, 0.4) is 0 Å². The van der Waals surface area contributed by atoms with E-state index in [2.05, 4.69) is 25.7 Å². The summed E-state index contributed by atoms with van der Waals surface area (Å²) >= 11 is 0. The van der Waals surface area contributed by atoms with Crippen LogP contribution in [0.15, 0.2) is 24.8 Å². The van der Waals surface area contributed by atoms with E-state index < -0.39 is 0 Å². The van der Waals surface area contributed by atoms with Crippen LogP contribution in [0, 0.1) is 0 Å². The van der Waals surface area contributed by atoms with Crippen molar-refractivity contribution in [1.82, 2.24) is 0 Å². The van der Waals surface area contributed by atoms with Gasteiger partial charge in [-0.1, -0.05) is 89.9 Å². The van der Waals surface area contributed by atoms with Crippen molar-refractivity contribution in [2.45, 2.75) is 96.8 Å². The van der Waals surface area contributed by atoms with Crippen molar-refractivity contribution in [2.24, 2.45) is 0 Å². The molecule has 0 bridgehead atoms. The van der Waals surface area contributed by atoms with Crippen LogP contribution in [0.1, 0.15) is 96.8 Å². The van der Waals surface area contributed by atoms with Crippen LogP contribution in [0.2, 0.25) is 0 Å². The molecule has 0 amide bonds. The van der Waals surface area contributed by atoms with Crippen molar-refractivity contribution in [3.63, 3.8) is 0 Å². The fourth-order valence-electron chi connectivity index (χ4n) is 2.59. The molecule has 0 aromatic rings. The predicted molar refractivity (Wildman–Crippen MR) is 101 cm³/mol. The fourth-order valence-corrected chi connectivity index (χ4v) is 2.59. The zero-order chi connectivity index (χ0) is 17.0. The Balaban J connectivity index is 3.10. The van der Waals surface area contributed by atoms with E-state index in [0.29, 0.717) is 6.61 Å². The summed E-state index contributed by atoms with van der Waals surface area (Å²) in [5.41, 5.74) is 0. The lowest BCUT2D eigenvalue weighted by Crippen LogP contribution is -2.00. The monoisotopic (exact) mass is 322 g/mol. The van der Waals surface area contributed by atoms with Crippen LogP contribution < -0.4 is 0 Å². The van der Waals surface area contributed by atoms with Crippen LogP contribution in [0.5, 0.6) is 0 Å². The number of unbranched alkanes of at least 4 members (excludes halogenated alkanes) is 12. The summed E-state index contributed by atoms with van der Waals surface area (Å²) in [6, 6.07) is 0. The maximum atomic E-state index is 10.8. The molecule has 0 radical (unpaired) electrons. The minimum atomic E-state index is -0.324. The maximum absolute atomic E-state index is 10.8. The molecule has 0 aromatic carbocycles. The van der Waals surface area contributed by atoms with E-state index in [1.54, 1.807) is 0 Å². The molecular formula is C21H38O2. The van der Waals surface area contributed by atoms with Gasteiger partial charge < -0.3 is 4.74 Å². The molecule has 0 aromatic heterocycles. The molecule has 0 saturated heterocycles. The average molecular weight is 323 g/mol. The van der Waals surface area contributed by atoms with E-state index in [4.69, 9.17) is 4.74 Å². The highest BCUT2D eigenvalue weighted by atomic mass is 16.5. The number of hydrogen-bond acceptors (Lipinski definition) is 2. The zero-order valence-electron chi connectivity index (χ0n) is 15.4. The third-order valence-electron chi connectivity index (χ3n) is 4.07. The van der Waals surface area contributed by atoms with E-state index in [-0.39, 0.29) is 5.97 Å². The molecule has 0 unspecified atom stereocenters. The van der Waals surface area contributed by atoms with Crippen LogP contribution in [-0.2, 0) is 9.53 Å². The van der Waals surface area contributed by atoms with Crippen molar-refractivity contribution < 1.29 is 9.53 Å². The Kier molecular flexibility index (Phi) is 18.1. The molecule has 0 aliphatic rings. The van der Waals surface area contributed by atoms with Crippen molar-refractivity contribution in [1.29, 1.82) is 0 Å². The molecule has 23 heavy (non-hydrogen) atoms. The van der Waals surface area contributed by atoms with Gasteiger partial charge in [-0.2, -0.15) is 0 Å². The lowest BCUT2D eigenvalue weighted by atomic mass is 10.1. The average Bonchev–Trinajstić information content (AvgIpc) is 2.57. The lowest BCUT2D eigenvalue weighted by Gasteiger charge is -2.01. The summed E-state index contributed by atoms with van der Waals surface area (Å²) in [5.74, 6) is -0.324. The van der Waals surface area contributed by atoms with E-state index >= 15 is 0 Å². The number of rotatable bonds is 17. The Morgan fingerprint density at radius 1 is 0.783 bits per heavy atom. The van der Waals surface area contributed by atoms with Crippen molar-refractivity contribution in [2.75, 3.05) is 6.61 Å². The van der Waals surface area contributed by atoms with Crippen LogP contribution in [-0.4, -0.2) is 12.6 Å². The normalized spacial score (nSPS) is 11.0. The summed E-state index contributed by atoms with van der Waals surface area (Å²) in [5, 5.41) is 0. The predicted octanol–water partition coefficient (Wildman–Crippen LogP) is 6.75. The first kappa shape index (κ1) is 21.9. The smallest absolute Gasteiger partial charge is 0.330 e. The van der Waals surface area contributed by atoms with Gasteiger partial charge in [-0.15, -0.1) is 0 Å². The fraction of sp³-hybridized carbons (Fsp3) is 0.762. The van der Waals surface area contributed by atoms with Crippen LogP contribution in [0.4, 0.5) is 0 Å². The quantitative estimate of drug-likeness (QED) is 0.128. The van der Waals surface area contributed by atoms with Crippen molar-refractivity contribution in [3.05, 3.63) is 24.8 Å². The highest BCUT2D eigenvalue weighted by Gasteiger charge is 1.94. The molecule has 0 rings (SSSR count). The van der Waals surface area contributed by atoms with Gasteiger partial charge in [-0.05, 0) is 25.7 Å². The first-order valence-corrected chi connectivity index (χ1v) is 9.75. The van der Waals surface area contributed by atoms with Gasteiger partial charge in [0.2, 0.25) is 0 Å². The molecule has 0 fully saturated rings. The summed E-state index contributed by atoms with van der Waals surface area (Å²) in [6.07, 6.45) is 24.1. The van der Waals surface area contributed by atoms with Gasteiger partial charge >= 0.3 is 5.97 Å². The summed E-state index contributed by atoms with van der Waals surface area (Å²) in [4.78, 5) is 10.8. The van der Waals surface area contributed by atoms with Gasteiger partial charge in [-0.3, -0.25) is 0 Å². The van der Waals surface area contributed by atoms with Gasteiger partial charge in [0.25, 0.3) is 0 Å². The van der Waals surface area contributed by atoms with E-state index in [0.717, 1.165) is 12.8 Å². The second kappa shape index (κ2) is 19.0. The molecule has 0 spiro atoms. The third-order valence-corrected chi connectivity index (χ3v) is 4.07. The second-order valence-corrected chi connectivity index (χ2v) is 6.31. The van der Waals surface area contributed by atoms with E-state index in [1.807, 2.05) is 0 Å². The summed E-state index contributed by atoms with van der Waals surface area (Å²) < 4.78 is 4.92. The number of esters is 1. The molecule has 0 atom stereocenters. The summed E-state index contributed by atoms with van der Waals surface area (Å²) in [7, 11) is 0. The van der Waals surface area contributed by atoms with Gasteiger partial charge in [-0.25, -0.2) is 4.79 Å². The van der Waals surface area contributed by atoms with Crippen LogP contribution >= 0.6 is 0 Å². The third kappa shape index (κ3) is 18.9. The van der Waals surface area contributed by atoms with E-state index in [9.17, 15) is 4.79 Å². The molecule has 0 N–H and O–H groups in total. The van der Waals surface area contributed by atoms with Crippen LogP contribution in [0.25, 0.3) is 0 Å². The van der Waals surface area contributed by atoms with Crippen molar-refractivity contribution >= 4 is 5.97 Å². The maximum Gasteiger partial charge on any atom is 0.330 e. The van der Waals surface area contributed by atoms with Crippen molar-refractivity contribution in [3.8, 4) is 0 Å². The first-order valence-electron chi connectivity index (χ1n) is 9.75. The minimum Gasteiger partial charge on any atom is -0.463 e. The molecule has 134 valence electrons. The molecule has 0 saturated carbocycles. The number of carbonyl (C=O) groups is 1. The molecule has 2 heteroatoms. The molecule has 0 aliphatic carbocycles. The highest BCUT2D eigenvalue weighted by molar-refractivity contribution is 5.81. The molecule has 0 aliphatic heterocycles. The molecular weight excluding hydrogens is 284 g/mol. The van der Waals surface area contributed by atoms with Gasteiger partial charge in [0.05, 0.1) is 6.61 Å². The van der Waals surface area contributed by atoms with Gasteiger partial charge in [0.1, 0.15) is 0 Å². The Hall–Kier alpha value is -1.05. The summed E-state index contributed by atoms with van der Waals surface area (Å²) in [6.45, 7) is 6.13. The Bertz CT molecular complexity index is 294. The Morgan fingerprint density at radius 2 is 1.26 bits per heavy atom. The number of ether oxygens (including phenoxy) is 1. The van der Waals surface area contributed by atoms with E-state index in [1.165, 1.54) is 83.1 Å². The minimum absolute atomic E-state index is 0.324. The number of allylic oxidation sites excluding steroid dienone is 2. The standard InChI is InChI=1S/C21H38O2/c1-3-5-6-7-8-9-10-11-12-13-14-15-16-17-18-19-20-23-21(22)4-2/h4,16-17H,2-3,5-15,18-20H2,1H3/b17-16+.